The highest BCUT2D eigenvalue weighted by atomic mass is 127. The molecule has 0 N–H and O–H groups in total. The second-order valence-corrected chi connectivity index (χ2v) is 9.53. The average molecular weight is 592 g/mol. The molecule has 2 nitrogen and oxygen atoms in total. The highest BCUT2D eigenvalue weighted by Gasteiger charge is 2.26. The van der Waals surface area contributed by atoms with Gasteiger partial charge in [0.25, 0.3) is 0 Å². The van der Waals surface area contributed by atoms with Gasteiger partial charge in [0.15, 0.2) is 0 Å². The minimum atomic E-state index is 0. The first kappa shape index (κ1) is 27.4. The molecule has 0 aromatic rings. The summed E-state index contributed by atoms with van der Waals surface area (Å²) in [5, 5.41) is 0. The van der Waals surface area contributed by atoms with E-state index >= 15 is 0 Å². The molecule has 2 aliphatic rings. The molecule has 0 aromatic carbocycles. The van der Waals surface area contributed by atoms with Crippen LogP contribution < -0.4 is 48.0 Å². The van der Waals surface area contributed by atoms with Gasteiger partial charge in [0.2, 0.25) is 0 Å². The van der Waals surface area contributed by atoms with Crippen molar-refractivity contribution in [1.82, 2.24) is 0 Å². The number of quaternary nitrogens is 2. The van der Waals surface area contributed by atoms with E-state index in [9.17, 15) is 0 Å². The van der Waals surface area contributed by atoms with Crippen molar-refractivity contribution in [3.8, 4) is 0 Å². The third-order valence-electron chi connectivity index (χ3n) is 6.94. The molecule has 26 heavy (non-hydrogen) atoms. The number of hydrogen-bond donors (Lipinski definition) is 0. The van der Waals surface area contributed by atoms with Gasteiger partial charge in [-0.15, -0.1) is 0 Å². The predicted molar refractivity (Wildman–Crippen MR) is 106 cm³/mol. The van der Waals surface area contributed by atoms with E-state index in [-0.39, 0.29) is 48.0 Å². The fourth-order valence-corrected chi connectivity index (χ4v) is 5.05. The van der Waals surface area contributed by atoms with Crippen molar-refractivity contribution in [3.05, 3.63) is 0 Å². The van der Waals surface area contributed by atoms with Crippen molar-refractivity contribution in [2.45, 2.75) is 89.9 Å². The Balaban J connectivity index is 0.00000312. The highest BCUT2D eigenvalue weighted by molar-refractivity contribution is 4.54. The minimum Gasteiger partial charge on any atom is -1.00 e. The quantitative estimate of drug-likeness (QED) is 0.152. The summed E-state index contributed by atoms with van der Waals surface area (Å²) >= 11 is 0. The molecule has 0 amide bonds. The van der Waals surface area contributed by atoms with Crippen LogP contribution in [0.25, 0.3) is 0 Å². The lowest BCUT2D eigenvalue weighted by atomic mass is 10.1. The number of unbranched alkanes of at least 4 members (excludes halogenated alkanes) is 9. The molecule has 0 aromatic heterocycles. The van der Waals surface area contributed by atoms with E-state index in [4.69, 9.17) is 0 Å². The maximum atomic E-state index is 2.47. The molecule has 0 spiro atoms. The second-order valence-electron chi connectivity index (χ2n) is 9.53. The lowest BCUT2D eigenvalue weighted by Gasteiger charge is -2.29. The van der Waals surface area contributed by atoms with Crippen LogP contribution in [0.3, 0.4) is 0 Å². The van der Waals surface area contributed by atoms with Crippen LogP contribution in [0.4, 0.5) is 0 Å². The van der Waals surface area contributed by atoms with Crippen LogP contribution in [0, 0.1) is 0 Å². The van der Waals surface area contributed by atoms with Crippen molar-refractivity contribution >= 4 is 0 Å². The summed E-state index contributed by atoms with van der Waals surface area (Å²) in [7, 11) is 4.94. The molecule has 2 aliphatic heterocycles. The third-order valence-corrected chi connectivity index (χ3v) is 6.94. The molecule has 0 unspecified atom stereocenters. The van der Waals surface area contributed by atoms with Crippen molar-refractivity contribution in [2.24, 2.45) is 0 Å². The monoisotopic (exact) mass is 592 g/mol. The van der Waals surface area contributed by atoms with Crippen LogP contribution in [-0.2, 0) is 0 Å². The van der Waals surface area contributed by atoms with Crippen molar-refractivity contribution < 1.29 is 56.9 Å². The topological polar surface area (TPSA) is 0 Å². The zero-order chi connectivity index (χ0) is 17.1. The van der Waals surface area contributed by atoms with Crippen LogP contribution >= 0.6 is 0 Å². The number of likely N-dealkylation sites (tertiary alicyclic amines) is 2. The average Bonchev–Trinajstić information content (AvgIpc) is 3.18. The van der Waals surface area contributed by atoms with Crippen LogP contribution in [0.1, 0.15) is 89.9 Å². The molecular formula is C22H46I2N2. The normalized spacial score (nSPS) is 20.5. The van der Waals surface area contributed by atoms with Crippen LogP contribution in [0.15, 0.2) is 0 Å². The van der Waals surface area contributed by atoms with Crippen molar-refractivity contribution in [1.29, 1.82) is 0 Å². The Morgan fingerprint density at radius 2 is 0.654 bits per heavy atom. The largest absolute Gasteiger partial charge is 1.00 e. The summed E-state index contributed by atoms with van der Waals surface area (Å²) in [5.74, 6) is 0. The van der Waals surface area contributed by atoms with Crippen molar-refractivity contribution in [3.63, 3.8) is 0 Å². The van der Waals surface area contributed by atoms with Gasteiger partial charge >= 0.3 is 0 Å². The third kappa shape index (κ3) is 11.4. The fourth-order valence-electron chi connectivity index (χ4n) is 5.05. The molecule has 158 valence electrons. The van der Waals surface area contributed by atoms with Gasteiger partial charge in [-0.3, -0.25) is 0 Å². The minimum absolute atomic E-state index is 0. The van der Waals surface area contributed by atoms with Gasteiger partial charge in [0.1, 0.15) is 0 Å². The first-order valence-electron chi connectivity index (χ1n) is 11.3. The smallest absolute Gasteiger partial charge is 0.0786 e. The highest BCUT2D eigenvalue weighted by Crippen LogP contribution is 2.19. The fraction of sp³-hybridized carbons (Fsp3) is 1.00. The lowest BCUT2D eigenvalue weighted by Crippen LogP contribution is -3.00. The maximum absolute atomic E-state index is 2.47. The van der Waals surface area contributed by atoms with Gasteiger partial charge in [0, 0.05) is 25.7 Å². The van der Waals surface area contributed by atoms with Gasteiger partial charge in [-0.1, -0.05) is 38.5 Å². The zero-order valence-electron chi connectivity index (χ0n) is 17.8. The van der Waals surface area contributed by atoms with Crippen LogP contribution in [-0.4, -0.2) is 62.3 Å². The second kappa shape index (κ2) is 15.3. The molecule has 0 saturated carbocycles. The summed E-state index contributed by atoms with van der Waals surface area (Å²) in [6.45, 7) is 8.65. The molecule has 0 atom stereocenters. The summed E-state index contributed by atoms with van der Waals surface area (Å²) < 4.78 is 2.75. The van der Waals surface area contributed by atoms with E-state index in [0.29, 0.717) is 0 Å². The molecule has 2 rings (SSSR count). The Kier molecular flexibility index (Phi) is 16.1. The van der Waals surface area contributed by atoms with Gasteiger partial charge in [-0.25, -0.2) is 0 Å². The number of rotatable bonds is 13. The van der Waals surface area contributed by atoms with E-state index in [1.807, 2.05) is 0 Å². The van der Waals surface area contributed by atoms with Gasteiger partial charge in [-0.05, 0) is 25.7 Å². The Labute approximate surface area is 199 Å². The Bertz CT molecular complexity index is 292. The molecule has 2 heterocycles. The Hall–Kier alpha value is 1.38. The van der Waals surface area contributed by atoms with Crippen LogP contribution in [0.5, 0.6) is 0 Å². The molecule has 0 radical (unpaired) electrons. The predicted octanol–water partition coefficient (Wildman–Crippen LogP) is -0.624. The Morgan fingerprint density at radius 1 is 0.423 bits per heavy atom. The molecule has 0 aliphatic carbocycles. The van der Waals surface area contributed by atoms with E-state index in [2.05, 4.69) is 14.1 Å². The van der Waals surface area contributed by atoms with Gasteiger partial charge in [0.05, 0.1) is 53.4 Å². The van der Waals surface area contributed by atoms with Crippen LogP contribution in [0.2, 0.25) is 0 Å². The summed E-state index contributed by atoms with van der Waals surface area (Å²) in [6.07, 6.45) is 20.7. The Morgan fingerprint density at radius 3 is 0.923 bits per heavy atom. The molecule has 2 fully saturated rings. The van der Waals surface area contributed by atoms with Gasteiger partial charge < -0.3 is 56.9 Å². The summed E-state index contributed by atoms with van der Waals surface area (Å²) in [4.78, 5) is 0. The number of hydrogen-bond acceptors (Lipinski definition) is 0. The van der Waals surface area contributed by atoms with E-state index in [1.165, 1.54) is 138 Å². The van der Waals surface area contributed by atoms with E-state index in [1.54, 1.807) is 0 Å². The number of halogens is 2. The molecule has 0 bridgehead atoms. The molecule has 2 saturated heterocycles. The van der Waals surface area contributed by atoms with Crippen molar-refractivity contribution in [2.75, 3.05) is 53.4 Å². The number of nitrogens with zero attached hydrogens (tertiary/aromatic N) is 2. The summed E-state index contributed by atoms with van der Waals surface area (Å²) in [5.41, 5.74) is 0. The van der Waals surface area contributed by atoms with E-state index in [0.717, 1.165) is 0 Å². The van der Waals surface area contributed by atoms with Gasteiger partial charge in [-0.2, -0.15) is 0 Å². The standard InChI is InChI=1S/C22H46N2.2HI/c1-23(19-13-14-20-23)17-11-9-7-5-3-4-6-8-10-12-18-24(2)21-15-16-22-24;;/h3-22H2,1-2H3;2*1H/q+2;;/p-2. The SMILES string of the molecule is C[N+]1(CCCCCCCCCCCC[N+]2(C)CCCC2)CCCC1.[I-].[I-]. The van der Waals surface area contributed by atoms with E-state index < -0.39 is 0 Å². The zero-order valence-corrected chi connectivity index (χ0v) is 22.1. The first-order chi connectivity index (χ1) is 11.6. The molecule has 4 heteroatoms. The lowest BCUT2D eigenvalue weighted by molar-refractivity contribution is -0.897. The molecular weight excluding hydrogens is 546 g/mol. The first-order valence-corrected chi connectivity index (χ1v) is 11.3. The maximum Gasteiger partial charge on any atom is 0.0786 e. The summed E-state index contributed by atoms with van der Waals surface area (Å²) in [6, 6.07) is 0.